The molecule has 1 aromatic carbocycles. The number of nitrogens with one attached hydrogen (secondary N) is 1. The zero-order valence-electron chi connectivity index (χ0n) is 12.0. The lowest BCUT2D eigenvalue weighted by Crippen LogP contribution is -2.39. The predicted molar refractivity (Wildman–Crippen MR) is 76.9 cm³/mol. The number of aromatic carboxylic acids is 1. The first-order chi connectivity index (χ1) is 9.37. The summed E-state index contributed by atoms with van der Waals surface area (Å²) in [5.74, 6) is -1.20. The molecule has 0 spiro atoms. The summed E-state index contributed by atoms with van der Waals surface area (Å²) in [7, 11) is 0. The molecule has 1 aliphatic carbocycles. The van der Waals surface area contributed by atoms with Crippen LogP contribution in [0.2, 0.25) is 0 Å². The van der Waals surface area contributed by atoms with Gasteiger partial charge in [-0.25, -0.2) is 4.79 Å². The fraction of sp³-hybridized carbons (Fsp3) is 0.500. The largest absolute Gasteiger partial charge is 0.478 e. The molecule has 2 N–H and O–H groups in total. The SMILES string of the molecule is CC1(C)CCC(NC(=O)c2cccc(C(=O)O)c2)CC1. The van der Waals surface area contributed by atoms with E-state index in [1.165, 1.54) is 12.1 Å². The summed E-state index contributed by atoms with van der Waals surface area (Å²) in [6.07, 6.45) is 4.18. The van der Waals surface area contributed by atoms with Gasteiger partial charge in [0.05, 0.1) is 5.56 Å². The molecule has 0 aromatic heterocycles. The van der Waals surface area contributed by atoms with Crippen LogP contribution in [0.1, 0.15) is 60.2 Å². The van der Waals surface area contributed by atoms with Crippen molar-refractivity contribution >= 4 is 11.9 Å². The molecule has 1 aliphatic rings. The molecule has 4 nitrogen and oxygen atoms in total. The minimum Gasteiger partial charge on any atom is -0.478 e. The highest BCUT2D eigenvalue weighted by Gasteiger charge is 2.27. The van der Waals surface area contributed by atoms with E-state index in [-0.39, 0.29) is 17.5 Å². The second kappa shape index (κ2) is 5.65. The maximum absolute atomic E-state index is 12.1. The number of hydrogen-bond donors (Lipinski definition) is 2. The van der Waals surface area contributed by atoms with Crippen molar-refractivity contribution in [3.8, 4) is 0 Å². The van der Waals surface area contributed by atoms with E-state index in [4.69, 9.17) is 5.11 Å². The third-order valence-corrected chi connectivity index (χ3v) is 4.05. The predicted octanol–water partition coefficient (Wildman–Crippen LogP) is 3.08. The Bertz CT molecular complexity index is 512. The van der Waals surface area contributed by atoms with Crippen molar-refractivity contribution in [1.29, 1.82) is 0 Å². The Hall–Kier alpha value is -1.84. The number of amides is 1. The highest BCUT2D eigenvalue weighted by molar-refractivity contribution is 5.97. The van der Waals surface area contributed by atoms with Crippen molar-refractivity contribution < 1.29 is 14.7 Å². The lowest BCUT2D eigenvalue weighted by Gasteiger charge is -2.34. The van der Waals surface area contributed by atoms with E-state index in [1.807, 2.05) is 0 Å². The van der Waals surface area contributed by atoms with E-state index in [1.54, 1.807) is 12.1 Å². The van der Waals surface area contributed by atoms with Gasteiger partial charge in [0.25, 0.3) is 5.91 Å². The summed E-state index contributed by atoms with van der Waals surface area (Å²) in [6, 6.07) is 6.35. The van der Waals surface area contributed by atoms with Crippen molar-refractivity contribution in [2.75, 3.05) is 0 Å². The minimum atomic E-state index is -1.01. The fourth-order valence-corrected chi connectivity index (χ4v) is 2.61. The molecule has 1 aromatic rings. The van der Waals surface area contributed by atoms with Crippen LogP contribution in [0, 0.1) is 5.41 Å². The second-order valence-electron chi connectivity index (χ2n) is 6.30. The maximum Gasteiger partial charge on any atom is 0.335 e. The molecule has 0 bridgehead atoms. The summed E-state index contributed by atoms with van der Waals surface area (Å²) in [5, 5.41) is 11.9. The third kappa shape index (κ3) is 3.59. The number of carboxylic acids is 1. The first kappa shape index (κ1) is 14.6. The van der Waals surface area contributed by atoms with Crippen LogP contribution in [0.4, 0.5) is 0 Å². The Morgan fingerprint density at radius 2 is 1.80 bits per heavy atom. The Morgan fingerprint density at radius 1 is 1.20 bits per heavy atom. The van der Waals surface area contributed by atoms with Crippen molar-refractivity contribution in [2.45, 2.75) is 45.6 Å². The van der Waals surface area contributed by atoms with Crippen LogP contribution in [0.15, 0.2) is 24.3 Å². The lowest BCUT2D eigenvalue weighted by atomic mass is 9.75. The smallest absolute Gasteiger partial charge is 0.335 e. The Morgan fingerprint density at radius 3 is 2.40 bits per heavy atom. The Kier molecular flexibility index (Phi) is 4.12. The fourth-order valence-electron chi connectivity index (χ4n) is 2.61. The summed E-state index contributed by atoms with van der Waals surface area (Å²) in [4.78, 5) is 23.1. The van der Waals surface area contributed by atoms with Crippen LogP contribution in [-0.2, 0) is 0 Å². The standard InChI is InChI=1S/C16H21NO3/c1-16(2)8-6-13(7-9-16)17-14(18)11-4-3-5-12(10-11)15(19)20/h3-5,10,13H,6-9H2,1-2H3,(H,17,18)(H,19,20). The molecule has 2 rings (SSSR count). The minimum absolute atomic E-state index is 0.141. The molecule has 1 saturated carbocycles. The van der Waals surface area contributed by atoms with Gasteiger partial charge in [0.15, 0.2) is 0 Å². The molecule has 1 fully saturated rings. The molecule has 20 heavy (non-hydrogen) atoms. The van der Waals surface area contributed by atoms with Gasteiger partial charge in [-0.1, -0.05) is 19.9 Å². The van der Waals surface area contributed by atoms with E-state index < -0.39 is 5.97 Å². The summed E-state index contributed by atoms with van der Waals surface area (Å²) >= 11 is 0. The van der Waals surface area contributed by atoms with Crippen LogP contribution >= 0.6 is 0 Å². The summed E-state index contributed by atoms with van der Waals surface area (Å²) in [5.41, 5.74) is 0.918. The van der Waals surface area contributed by atoms with Crippen molar-refractivity contribution in [2.24, 2.45) is 5.41 Å². The molecule has 0 radical (unpaired) electrons. The van der Waals surface area contributed by atoms with E-state index in [0.29, 0.717) is 11.0 Å². The van der Waals surface area contributed by atoms with E-state index in [9.17, 15) is 9.59 Å². The zero-order valence-corrected chi connectivity index (χ0v) is 12.0. The average Bonchev–Trinajstić information content (AvgIpc) is 2.41. The lowest BCUT2D eigenvalue weighted by molar-refractivity contribution is 0.0697. The van der Waals surface area contributed by atoms with Gasteiger partial charge in [-0.05, 0) is 49.3 Å². The van der Waals surface area contributed by atoms with Crippen molar-refractivity contribution in [1.82, 2.24) is 5.32 Å². The van der Waals surface area contributed by atoms with Gasteiger partial charge in [-0.15, -0.1) is 0 Å². The average molecular weight is 275 g/mol. The monoisotopic (exact) mass is 275 g/mol. The Balaban J connectivity index is 1.99. The van der Waals surface area contributed by atoms with Gasteiger partial charge in [-0.3, -0.25) is 4.79 Å². The normalized spacial score (nSPS) is 18.5. The van der Waals surface area contributed by atoms with Gasteiger partial charge in [0.1, 0.15) is 0 Å². The Labute approximate surface area is 119 Å². The van der Waals surface area contributed by atoms with Crippen molar-refractivity contribution in [3.05, 3.63) is 35.4 Å². The molecular weight excluding hydrogens is 254 g/mol. The number of carbonyl (C=O) groups excluding carboxylic acids is 1. The highest BCUT2D eigenvalue weighted by Crippen LogP contribution is 2.35. The molecule has 0 atom stereocenters. The highest BCUT2D eigenvalue weighted by atomic mass is 16.4. The number of benzene rings is 1. The zero-order chi connectivity index (χ0) is 14.8. The number of hydrogen-bond acceptors (Lipinski definition) is 2. The van der Waals surface area contributed by atoms with Gasteiger partial charge < -0.3 is 10.4 Å². The van der Waals surface area contributed by atoms with Gasteiger partial charge in [-0.2, -0.15) is 0 Å². The van der Waals surface area contributed by atoms with Gasteiger partial charge in [0, 0.05) is 11.6 Å². The number of carbonyl (C=O) groups is 2. The molecule has 0 aliphatic heterocycles. The van der Waals surface area contributed by atoms with Gasteiger partial charge in [0.2, 0.25) is 0 Å². The molecule has 0 unspecified atom stereocenters. The molecule has 108 valence electrons. The maximum atomic E-state index is 12.1. The van der Waals surface area contributed by atoms with Crippen LogP contribution in [0.5, 0.6) is 0 Å². The molecule has 0 saturated heterocycles. The van der Waals surface area contributed by atoms with Crippen LogP contribution in [0.3, 0.4) is 0 Å². The van der Waals surface area contributed by atoms with Crippen LogP contribution in [0.25, 0.3) is 0 Å². The van der Waals surface area contributed by atoms with Gasteiger partial charge >= 0.3 is 5.97 Å². The number of rotatable bonds is 3. The van der Waals surface area contributed by atoms with E-state index in [2.05, 4.69) is 19.2 Å². The summed E-state index contributed by atoms with van der Waals surface area (Å²) in [6.45, 7) is 4.50. The summed E-state index contributed by atoms with van der Waals surface area (Å²) < 4.78 is 0. The molecule has 1 amide bonds. The third-order valence-electron chi connectivity index (χ3n) is 4.05. The molecular formula is C16H21NO3. The molecule has 0 heterocycles. The molecule has 4 heteroatoms. The second-order valence-corrected chi connectivity index (χ2v) is 6.30. The first-order valence-electron chi connectivity index (χ1n) is 7.02. The number of carboxylic acid groups (broad SMARTS) is 1. The van der Waals surface area contributed by atoms with Crippen LogP contribution < -0.4 is 5.32 Å². The van der Waals surface area contributed by atoms with Crippen molar-refractivity contribution in [3.63, 3.8) is 0 Å². The van der Waals surface area contributed by atoms with E-state index >= 15 is 0 Å². The topological polar surface area (TPSA) is 66.4 Å². The van der Waals surface area contributed by atoms with Crippen LogP contribution in [-0.4, -0.2) is 23.0 Å². The van der Waals surface area contributed by atoms with E-state index in [0.717, 1.165) is 25.7 Å². The first-order valence-corrected chi connectivity index (χ1v) is 7.02. The quantitative estimate of drug-likeness (QED) is 0.890.